The Labute approximate surface area is 124 Å². The van der Waals surface area contributed by atoms with Crippen molar-refractivity contribution in [3.05, 3.63) is 15.9 Å². The molecule has 0 aliphatic heterocycles. The molecule has 0 amide bonds. The maximum atomic E-state index is 11.0. The third kappa shape index (κ3) is 3.34. The second kappa shape index (κ2) is 6.01. The summed E-state index contributed by atoms with van der Waals surface area (Å²) in [5, 5.41) is 24.7. The van der Waals surface area contributed by atoms with Gasteiger partial charge >= 0.3 is 5.82 Å². The average Bonchev–Trinajstić information content (AvgIpc) is 2.74. The summed E-state index contributed by atoms with van der Waals surface area (Å²) in [6.07, 6.45) is 4.66. The third-order valence-electron chi connectivity index (χ3n) is 4.67. The number of nitrogens with one attached hydrogen (secondary N) is 1. The van der Waals surface area contributed by atoms with Gasteiger partial charge in [0.05, 0.1) is 5.60 Å². The Kier molecular flexibility index (Phi) is 4.51. The van der Waals surface area contributed by atoms with Gasteiger partial charge in [-0.3, -0.25) is 4.57 Å². The molecule has 21 heavy (non-hydrogen) atoms. The van der Waals surface area contributed by atoms with Crippen molar-refractivity contribution in [3.8, 4) is 0 Å². The fourth-order valence-electron chi connectivity index (χ4n) is 2.97. The SMILES string of the molecule is CCC1CCC(O)(CNc2c([N+](=O)[O-])nc(C)n2C)CC1. The minimum atomic E-state index is -0.780. The highest BCUT2D eigenvalue weighted by molar-refractivity contribution is 5.53. The van der Waals surface area contributed by atoms with Crippen molar-refractivity contribution < 1.29 is 10.0 Å². The first-order valence-corrected chi connectivity index (χ1v) is 7.50. The molecule has 1 aromatic heterocycles. The zero-order valence-electron chi connectivity index (χ0n) is 12.9. The number of imidazole rings is 1. The van der Waals surface area contributed by atoms with Gasteiger partial charge < -0.3 is 20.5 Å². The van der Waals surface area contributed by atoms with Crippen molar-refractivity contribution in [2.75, 3.05) is 11.9 Å². The van der Waals surface area contributed by atoms with Crippen molar-refractivity contribution >= 4 is 11.6 Å². The lowest BCUT2D eigenvalue weighted by Gasteiger charge is -2.36. The number of aliphatic hydroxyl groups is 1. The molecule has 0 atom stereocenters. The van der Waals surface area contributed by atoms with Gasteiger partial charge in [-0.25, -0.2) is 0 Å². The van der Waals surface area contributed by atoms with Crippen molar-refractivity contribution in [3.63, 3.8) is 0 Å². The largest absolute Gasteiger partial charge is 0.406 e. The Morgan fingerprint density at radius 2 is 2.14 bits per heavy atom. The van der Waals surface area contributed by atoms with Crippen LogP contribution in [0.25, 0.3) is 0 Å². The van der Waals surface area contributed by atoms with Crippen LogP contribution in [0.5, 0.6) is 0 Å². The van der Waals surface area contributed by atoms with Gasteiger partial charge in [-0.1, -0.05) is 13.3 Å². The lowest BCUT2D eigenvalue weighted by molar-refractivity contribution is -0.388. The summed E-state index contributed by atoms with van der Waals surface area (Å²) in [4.78, 5) is 14.5. The van der Waals surface area contributed by atoms with Crippen LogP contribution in [0.4, 0.5) is 11.6 Å². The molecule has 7 nitrogen and oxygen atoms in total. The zero-order chi connectivity index (χ0) is 15.6. The van der Waals surface area contributed by atoms with Gasteiger partial charge in [0.15, 0.2) is 0 Å². The number of rotatable bonds is 5. The van der Waals surface area contributed by atoms with E-state index in [4.69, 9.17) is 0 Å². The molecule has 2 rings (SSSR count). The normalized spacial score (nSPS) is 25.8. The van der Waals surface area contributed by atoms with Gasteiger partial charge in [0.1, 0.15) is 0 Å². The Morgan fingerprint density at radius 3 is 2.67 bits per heavy atom. The Balaban J connectivity index is 2.05. The predicted molar refractivity (Wildman–Crippen MR) is 80.3 cm³/mol. The van der Waals surface area contributed by atoms with Crippen molar-refractivity contribution in [2.45, 2.75) is 51.6 Å². The molecule has 1 aliphatic rings. The number of hydrogen-bond acceptors (Lipinski definition) is 5. The van der Waals surface area contributed by atoms with Crippen LogP contribution in [0.1, 0.15) is 44.9 Å². The highest BCUT2D eigenvalue weighted by Gasteiger charge is 2.34. The molecule has 1 saturated carbocycles. The first kappa shape index (κ1) is 15.8. The topological polar surface area (TPSA) is 93.2 Å². The molecule has 1 heterocycles. The average molecular weight is 296 g/mol. The smallest absolute Gasteiger partial charge is 0.388 e. The fourth-order valence-corrected chi connectivity index (χ4v) is 2.97. The van der Waals surface area contributed by atoms with Gasteiger partial charge in [0.2, 0.25) is 11.6 Å². The quantitative estimate of drug-likeness (QED) is 0.642. The van der Waals surface area contributed by atoms with Crippen LogP contribution in [0, 0.1) is 23.0 Å². The Hall–Kier alpha value is -1.63. The molecule has 0 unspecified atom stereocenters. The van der Waals surface area contributed by atoms with E-state index in [0.717, 1.165) is 32.1 Å². The molecular formula is C14H24N4O3. The standard InChI is InChI=1S/C14H24N4O3/c1-4-11-5-7-14(19,8-6-11)9-15-12-13(18(20)21)16-10(2)17(12)3/h11,15,19H,4-9H2,1-3H3. The number of hydrogen-bond donors (Lipinski definition) is 2. The van der Waals surface area contributed by atoms with Gasteiger partial charge in [-0.05, 0) is 41.5 Å². The molecule has 0 aromatic carbocycles. The summed E-state index contributed by atoms with van der Waals surface area (Å²) < 4.78 is 1.65. The molecule has 1 fully saturated rings. The molecule has 0 saturated heterocycles. The molecule has 1 aliphatic carbocycles. The summed E-state index contributed by atoms with van der Waals surface area (Å²) in [7, 11) is 1.73. The van der Waals surface area contributed by atoms with Gasteiger partial charge in [-0.2, -0.15) is 0 Å². The lowest BCUT2D eigenvalue weighted by Crippen LogP contribution is -2.40. The van der Waals surface area contributed by atoms with E-state index in [1.54, 1.807) is 18.5 Å². The number of aromatic nitrogens is 2. The van der Waals surface area contributed by atoms with Gasteiger partial charge in [0.25, 0.3) is 0 Å². The summed E-state index contributed by atoms with van der Waals surface area (Å²) >= 11 is 0. The van der Waals surface area contributed by atoms with E-state index in [9.17, 15) is 15.2 Å². The molecule has 0 radical (unpaired) electrons. The Bertz CT molecular complexity index is 519. The monoisotopic (exact) mass is 296 g/mol. The lowest BCUT2D eigenvalue weighted by atomic mass is 9.78. The summed E-state index contributed by atoms with van der Waals surface area (Å²) in [5.74, 6) is 1.45. The van der Waals surface area contributed by atoms with E-state index >= 15 is 0 Å². The van der Waals surface area contributed by atoms with Crippen LogP contribution in [0.3, 0.4) is 0 Å². The molecular weight excluding hydrogens is 272 g/mol. The third-order valence-corrected chi connectivity index (χ3v) is 4.67. The Morgan fingerprint density at radius 1 is 1.52 bits per heavy atom. The molecule has 7 heteroatoms. The summed E-state index contributed by atoms with van der Waals surface area (Å²) in [6.45, 7) is 4.22. The first-order chi connectivity index (χ1) is 9.86. The van der Waals surface area contributed by atoms with Crippen molar-refractivity contribution in [2.24, 2.45) is 13.0 Å². The molecule has 0 bridgehead atoms. The van der Waals surface area contributed by atoms with E-state index in [1.165, 1.54) is 0 Å². The number of nitro groups is 1. The summed E-state index contributed by atoms with van der Waals surface area (Å²) in [6, 6.07) is 0. The van der Waals surface area contributed by atoms with Crippen LogP contribution in [-0.4, -0.2) is 31.7 Å². The molecule has 0 spiro atoms. The van der Waals surface area contributed by atoms with Gasteiger partial charge in [0, 0.05) is 20.5 Å². The number of anilines is 1. The minimum absolute atomic E-state index is 0.180. The van der Waals surface area contributed by atoms with E-state index in [1.807, 2.05) is 0 Å². The maximum absolute atomic E-state index is 11.0. The number of nitrogens with zero attached hydrogens (tertiary/aromatic N) is 3. The van der Waals surface area contributed by atoms with Crippen LogP contribution in [-0.2, 0) is 7.05 Å². The molecule has 118 valence electrons. The van der Waals surface area contributed by atoms with E-state index in [-0.39, 0.29) is 5.82 Å². The van der Waals surface area contributed by atoms with Gasteiger partial charge in [-0.15, -0.1) is 0 Å². The highest BCUT2D eigenvalue weighted by Crippen LogP contribution is 2.34. The van der Waals surface area contributed by atoms with Crippen LogP contribution < -0.4 is 5.32 Å². The number of aryl methyl sites for hydroxylation is 1. The fraction of sp³-hybridized carbons (Fsp3) is 0.786. The van der Waals surface area contributed by atoms with Crippen LogP contribution >= 0.6 is 0 Å². The first-order valence-electron chi connectivity index (χ1n) is 7.50. The summed E-state index contributed by atoms with van der Waals surface area (Å²) in [5.41, 5.74) is -0.780. The minimum Gasteiger partial charge on any atom is -0.388 e. The van der Waals surface area contributed by atoms with Crippen molar-refractivity contribution in [1.82, 2.24) is 9.55 Å². The second-order valence-electron chi connectivity index (χ2n) is 6.08. The maximum Gasteiger partial charge on any atom is 0.406 e. The van der Waals surface area contributed by atoms with E-state index < -0.39 is 10.5 Å². The van der Waals surface area contributed by atoms with E-state index in [0.29, 0.717) is 24.1 Å². The highest BCUT2D eigenvalue weighted by atomic mass is 16.6. The van der Waals surface area contributed by atoms with Crippen molar-refractivity contribution in [1.29, 1.82) is 0 Å². The predicted octanol–water partition coefficient (Wildman–Crippen LogP) is 2.38. The zero-order valence-corrected chi connectivity index (χ0v) is 12.9. The second-order valence-corrected chi connectivity index (χ2v) is 6.08. The van der Waals surface area contributed by atoms with Crippen LogP contribution in [0.15, 0.2) is 0 Å². The van der Waals surface area contributed by atoms with E-state index in [2.05, 4.69) is 17.2 Å². The van der Waals surface area contributed by atoms with Crippen LogP contribution in [0.2, 0.25) is 0 Å². The molecule has 1 aromatic rings. The molecule has 2 N–H and O–H groups in total.